The van der Waals surface area contributed by atoms with Crippen molar-refractivity contribution in [3.8, 4) is 0 Å². The Balaban J connectivity index is 1.56. The summed E-state index contributed by atoms with van der Waals surface area (Å²) in [5.74, 6) is 0. The molecule has 2 heterocycles. The first-order valence-corrected chi connectivity index (χ1v) is 6.56. The molecule has 0 bridgehead atoms. The van der Waals surface area contributed by atoms with Gasteiger partial charge < -0.3 is 10.1 Å². The Labute approximate surface area is 98.8 Å². The molecule has 0 aliphatic carbocycles. The predicted molar refractivity (Wildman–Crippen MR) is 66.7 cm³/mol. The van der Waals surface area contributed by atoms with Crippen LogP contribution in [0.2, 0.25) is 0 Å². The minimum Gasteiger partial charge on any atom is -0.377 e. The molecule has 0 spiro atoms. The summed E-state index contributed by atoms with van der Waals surface area (Å²) in [5, 5.41) is 3.51. The number of nitrogens with zero attached hydrogens (tertiary/aromatic N) is 1. The maximum Gasteiger partial charge on any atom is 0.0689 e. The van der Waals surface area contributed by atoms with Crippen LogP contribution in [0, 0.1) is 0 Å². The molecule has 3 heteroatoms. The largest absolute Gasteiger partial charge is 0.377 e. The Bertz CT molecular complexity index is 240. The molecule has 0 saturated carbocycles. The molecule has 0 amide bonds. The van der Waals surface area contributed by atoms with Gasteiger partial charge in [0.15, 0.2) is 0 Å². The summed E-state index contributed by atoms with van der Waals surface area (Å²) in [6, 6.07) is 0.791. The van der Waals surface area contributed by atoms with E-state index in [4.69, 9.17) is 4.74 Å². The number of hydrogen-bond donors (Lipinski definition) is 1. The smallest absolute Gasteiger partial charge is 0.0689 e. The standard InChI is InChI=1S/C13H24N2O/c1-12-4-2-7-15(12)8-6-14-10-13-5-3-9-16-11-13/h5,12,14H,2-4,6-11H2,1H3. The molecule has 1 atom stereocenters. The normalized spacial score (nSPS) is 27.1. The minimum atomic E-state index is 0.791. The van der Waals surface area contributed by atoms with E-state index < -0.39 is 0 Å². The van der Waals surface area contributed by atoms with Crippen LogP contribution in [0.25, 0.3) is 0 Å². The van der Waals surface area contributed by atoms with Gasteiger partial charge in [0.05, 0.1) is 13.2 Å². The molecule has 0 aromatic carbocycles. The second-order valence-electron chi connectivity index (χ2n) is 4.91. The van der Waals surface area contributed by atoms with E-state index in [1.54, 1.807) is 0 Å². The van der Waals surface area contributed by atoms with Crippen molar-refractivity contribution in [3.63, 3.8) is 0 Å². The zero-order valence-corrected chi connectivity index (χ0v) is 10.4. The van der Waals surface area contributed by atoms with E-state index in [9.17, 15) is 0 Å². The molecule has 3 nitrogen and oxygen atoms in total. The third-order valence-corrected chi connectivity index (χ3v) is 3.60. The lowest BCUT2D eigenvalue weighted by molar-refractivity contribution is 0.148. The Morgan fingerprint density at radius 2 is 2.50 bits per heavy atom. The lowest BCUT2D eigenvalue weighted by atomic mass is 10.2. The summed E-state index contributed by atoms with van der Waals surface area (Å²) in [6.07, 6.45) is 6.15. The van der Waals surface area contributed by atoms with Crippen molar-refractivity contribution in [2.24, 2.45) is 0 Å². The third kappa shape index (κ3) is 3.58. The molecular formula is C13H24N2O. The first kappa shape index (κ1) is 12.1. The molecule has 2 aliphatic heterocycles. The third-order valence-electron chi connectivity index (χ3n) is 3.60. The average Bonchev–Trinajstić information content (AvgIpc) is 2.72. The molecule has 0 radical (unpaired) electrons. The van der Waals surface area contributed by atoms with Gasteiger partial charge in [0.2, 0.25) is 0 Å². The molecule has 2 rings (SSSR count). The van der Waals surface area contributed by atoms with E-state index in [0.717, 1.165) is 38.8 Å². The van der Waals surface area contributed by atoms with E-state index in [1.165, 1.54) is 31.5 Å². The van der Waals surface area contributed by atoms with Crippen molar-refractivity contribution in [1.82, 2.24) is 10.2 Å². The van der Waals surface area contributed by atoms with Crippen LogP contribution in [0.3, 0.4) is 0 Å². The van der Waals surface area contributed by atoms with Crippen LogP contribution in [0.15, 0.2) is 11.6 Å². The van der Waals surface area contributed by atoms with Crippen LogP contribution in [0.5, 0.6) is 0 Å². The fraction of sp³-hybridized carbons (Fsp3) is 0.846. The molecule has 2 aliphatic rings. The molecule has 1 unspecified atom stereocenters. The van der Waals surface area contributed by atoms with Crippen molar-refractivity contribution in [2.45, 2.75) is 32.2 Å². The highest BCUT2D eigenvalue weighted by Crippen LogP contribution is 2.14. The van der Waals surface area contributed by atoms with E-state index >= 15 is 0 Å². The lowest BCUT2D eigenvalue weighted by Gasteiger charge is -2.21. The summed E-state index contributed by atoms with van der Waals surface area (Å²) < 4.78 is 5.41. The number of rotatable bonds is 5. The molecule has 92 valence electrons. The zero-order valence-electron chi connectivity index (χ0n) is 10.4. The van der Waals surface area contributed by atoms with Gasteiger partial charge in [-0.1, -0.05) is 6.08 Å². The number of nitrogens with one attached hydrogen (secondary N) is 1. The molecular weight excluding hydrogens is 200 g/mol. The maximum absolute atomic E-state index is 5.41. The molecule has 0 aromatic rings. The van der Waals surface area contributed by atoms with Gasteiger partial charge in [0, 0.05) is 25.7 Å². The van der Waals surface area contributed by atoms with Gasteiger partial charge in [-0.25, -0.2) is 0 Å². The van der Waals surface area contributed by atoms with Crippen molar-refractivity contribution < 1.29 is 4.74 Å². The number of likely N-dealkylation sites (tertiary alicyclic amines) is 1. The van der Waals surface area contributed by atoms with Gasteiger partial charge in [0.25, 0.3) is 0 Å². The Hall–Kier alpha value is -0.380. The van der Waals surface area contributed by atoms with Crippen molar-refractivity contribution in [2.75, 3.05) is 39.4 Å². The minimum absolute atomic E-state index is 0.791. The van der Waals surface area contributed by atoms with E-state index in [1.807, 2.05) is 0 Å². The average molecular weight is 224 g/mol. The van der Waals surface area contributed by atoms with Crippen LogP contribution in [0.1, 0.15) is 26.2 Å². The molecule has 16 heavy (non-hydrogen) atoms. The fourth-order valence-electron chi connectivity index (χ4n) is 2.53. The summed E-state index contributed by atoms with van der Waals surface area (Å²) in [6.45, 7) is 8.64. The highest BCUT2D eigenvalue weighted by atomic mass is 16.5. The Kier molecular flexibility index (Phi) is 4.82. The van der Waals surface area contributed by atoms with E-state index in [-0.39, 0.29) is 0 Å². The lowest BCUT2D eigenvalue weighted by Crippen LogP contribution is -2.35. The summed E-state index contributed by atoms with van der Waals surface area (Å²) >= 11 is 0. The van der Waals surface area contributed by atoms with Crippen LogP contribution in [0.4, 0.5) is 0 Å². The summed E-state index contributed by atoms with van der Waals surface area (Å²) in [7, 11) is 0. The van der Waals surface area contributed by atoms with E-state index in [2.05, 4.69) is 23.2 Å². The highest BCUT2D eigenvalue weighted by molar-refractivity contribution is 5.06. The maximum atomic E-state index is 5.41. The van der Waals surface area contributed by atoms with Crippen LogP contribution >= 0.6 is 0 Å². The Morgan fingerprint density at radius 3 is 3.19 bits per heavy atom. The molecule has 1 fully saturated rings. The van der Waals surface area contributed by atoms with Gasteiger partial charge in [-0.15, -0.1) is 0 Å². The van der Waals surface area contributed by atoms with Crippen molar-refractivity contribution >= 4 is 0 Å². The second kappa shape index (κ2) is 6.38. The topological polar surface area (TPSA) is 24.5 Å². The zero-order chi connectivity index (χ0) is 11.2. The van der Waals surface area contributed by atoms with Crippen LogP contribution in [-0.4, -0.2) is 50.3 Å². The first-order valence-electron chi connectivity index (χ1n) is 6.56. The SMILES string of the molecule is CC1CCCN1CCNCC1=CCCOC1. The van der Waals surface area contributed by atoms with Crippen molar-refractivity contribution in [1.29, 1.82) is 0 Å². The van der Waals surface area contributed by atoms with Gasteiger partial charge in [-0.2, -0.15) is 0 Å². The van der Waals surface area contributed by atoms with Gasteiger partial charge in [-0.3, -0.25) is 4.90 Å². The second-order valence-corrected chi connectivity index (χ2v) is 4.91. The predicted octanol–water partition coefficient (Wildman–Crippen LogP) is 1.41. The number of hydrogen-bond acceptors (Lipinski definition) is 3. The number of ether oxygens (including phenoxy) is 1. The first-order chi connectivity index (χ1) is 7.86. The van der Waals surface area contributed by atoms with Crippen molar-refractivity contribution in [3.05, 3.63) is 11.6 Å². The highest BCUT2D eigenvalue weighted by Gasteiger charge is 2.18. The molecule has 1 N–H and O–H groups in total. The monoisotopic (exact) mass is 224 g/mol. The quantitative estimate of drug-likeness (QED) is 0.564. The summed E-state index contributed by atoms with van der Waals surface area (Å²) in [5.41, 5.74) is 1.42. The van der Waals surface area contributed by atoms with Gasteiger partial charge >= 0.3 is 0 Å². The van der Waals surface area contributed by atoms with Crippen LogP contribution < -0.4 is 5.32 Å². The van der Waals surface area contributed by atoms with Gasteiger partial charge in [-0.05, 0) is 38.3 Å². The Morgan fingerprint density at radius 1 is 1.56 bits per heavy atom. The van der Waals surface area contributed by atoms with E-state index in [0.29, 0.717) is 0 Å². The fourth-order valence-corrected chi connectivity index (χ4v) is 2.53. The van der Waals surface area contributed by atoms with Crippen LogP contribution in [-0.2, 0) is 4.74 Å². The molecule has 1 saturated heterocycles. The molecule has 0 aromatic heterocycles. The summed E-state index contributed by atoms with van der Waals surface area (Å²) in [4.78, 5) is 2.58. The van der Waals surface area contributed by atoms with Gasteiger partial charge in [0.1, 0.15) is 0 Å².